The van der Waals surface area contributed by atoms with E-state index in [2.05, 4.69) is 5.32 Å². The van der Waals surface area contributed by atoms with Gasteiger partial charge < -0.3 is 14.5 Å². The maximum atomic E-state index is 12.2. The lowest BCUT2D eigenvalue weighted by Gasteiger charge is -2.10. The molecule has 150 valence electrons. The standard InChI is InChI=1S/C25H21NO4/c1-16-8-9-19(12-17(16)2)26-24(27)15-29-20-10-11-21-22(18-6-4-3-5-7-18)14-25(28)30-23(21)13-20/h3-14H,15H2,1-2H3,(H,26,27). The van der Waals surface area contributed by atoms with Gasteiger partial charge in [0.15, 0.2) is 6.61 Å². The maximum Gasteiger partial charge on any atom is 0.336 e. The van der Waals surface area contributed by atoms with Crippen molar-refractivity contribution in [2.24, 2.45) is 0 Å². The summed E-state index contributed by atoms with van der Waals surface area (Å²) in [6.07, 6.45) is 0. The quantitative estimate of drug-likeness (QED) is 0.475. The third-order valence-electron chi connectivity index (χ3n) is 4.96. The van der Waals surface area contributed by atoms with Crippen LogP contribution >= 0.6 is 0 Å². The Kier molecular flexibility index (Phi) is 5.35. The molecule has 1 heterocycles. The van der Waals surface area contributed by atoms with E-state index in [0.717, 1.165) is 33.3 Å². The van der Waals surface area contributed by atoms with E-state index in [1.54, 1.807) is 12.1 Å². The minimum absolute atomic E-state index is 0.152. The molecule has 3 aromatic carbocycles. The Balaban J connectivity index is 1.52. The van der Waals surface area contributed by atoms with Gasteiger partial charge in [-0.25, -0.2) is 4.79 Å². The first-order valence-corrected chi connectivity index (χ1v) is 9.63. The van der Waals surface area contributed by atoms with Gasteiger partial charge in [-0.1, -0.05) is 36.4 Å². The van der Waals surface area contributed by atoms with Gasteiger partial charge in [0, 0.05) is 23.2 Å². The van der Waals surface area contributed by atoms with Crippen molar-refractivity contribution in [3.63, 3.8) is 0 Å². The first-order chi connectivity index (χ1) is 14.5. The van der Waals surface area contributed by atoms with Crippen molar-refractivity contribution in [1.29, 1.82) is 0 Å². The first kappa shape index (κ1) is 19.5. The van der Waals surface area contributed by atoms with Gasteiger partial charge in [0.25, 0.3) is 5.91 Å². The van der Waals surface area contributed by atoms with Gasteiger partial charge in [-0.2, -0.15) is 0 Å². The van der Waals surface area contributed by atoms with Crippen molar-refractivity contribution < 1.29 is 13.9 Å². The summed E-state index contributed by atoms with van der Waals surface area (Å²) in [6.45, 7) is 3.86. The Bertz CT molecular complexity index is 1280. The molecule has 0 saturated carbocycles. The number of hydrogen-bond donors (Lipinski definition) is 1. The summed E-state index contributed by atoms with van der Waals surface area (Å²) in [6, 6.07) is 22.1. The van der Waals surface area contributed by atoms with Gasteiger partial charge >= 0.3 is 5.63 Å². The number of nitrogens with one attached hydrogen (secondary N) is 1. The summed E-state index contributed by atoms with van der Waals surface area (Å²) >= 11 is 0. The largest absolute Gasteiger partial charge is 0.484 e. The normalized spacial score (nSPS) is 10.7. The fourth-order valence-corrected chi connectivity index (χ4v) is 3.25. The van der Waals surface area contributed by atoms with Crippen LogP contribution in [0.5, 0.6) is 5.75 Å². The molecule has 0 aliphatic rings. The number of benzene rings is 3. The lowest BCUT2D eigenvalue weighted by Crippen LogP contribution is -2.20. The summed E-state index contributed by atoms with van der Waals surface area (Å²) in [7, 11) is 0. The number of fused-ring (bicyclic) bond motifs is 1. The van der Waals surface area contributed by atoms with Crippen molar-refractivity contribution in [2.75, 3.05) is 11.9 Å². The predicted octanol–water partition coefficient (Wildman–Crippen LogP) is 5.09. The Morgan fingerprint density at radius 3 is 2.50 bits per heavy atom. The summed E-state index contributed by atoms with van der Waals surface area (Å²) in [4.78, 5) is 24.3. The molecule has 5 nitrogen and oxygen atoms in total. The molecular formula is C25H21NO4. The molecule has 0 spiro atoms. The molecule has 0 radical (unpaired) electrons. The third-order valence-corrected chi connectivity index (χ3v) is 4.96. The summed E-state index contributed by atoms with van der Waals surface area (Å²) < 4.78 is 11.0. The molecule has 0 aliphatic carbocycles. The van der Waals surface area contributed by atoms with Gasteiger partial charge in [-0.15, -0.1) is 0 Å². The Hall–Kier alpha value is -3.86. The van der Waals surface area contributed by atoms with E-state index in [1.165, 1.54) is 6.07 Å². The molecule has 1 aromatic heterocycles. The molecule has 4 rings (SSSR count). The number of amides is 1. The van der Waals surface area contributed by atoms with E-state index in [9.17, 15) is 9.59 Å². The molecule has 4 aromatic rings. The lowest BCUT2D eigenvalue weighted by molar-refractivity contribution is -0.118. The van der Waals surface area contributed by atoms with E-state index in [-0.39, 0.29) is 12.5 Å². The average Bonchev–Trinajstić information content (AvgIpc) is 2.74. The smallest absolute Gasteiger partial charge is 0.336 e. The monoisotopic (exact) mass is 399 g/mol. The molecular weight excluding hydrogens is 378 g/mol. The fourth-order valence-electron chi connectivity index (χ4n) is 3.25. The van der Waals surface area contributed by atoms with Crippen LogP contribution in [-0.4, -0.2) is 12.5 Å². The third kappa shape index (κ3) is 4.25. The van der Waals surface area contributed by atoms with Crippen LogP contribution < -0.4 is 15.7 Å². The molecule has 1 N–H and O–H groups in total. The minimum atomic E-state index is -0.439. The number of anilines is 1. The Morgan fingerprint density at radius 1 is 0.933 bits per heavy atom. The summed E-state index contributed by atoms with van der Waals surface area (Å²) in [5.41, 5.74) is 4.69. The number of carbonyl (C=O) groups excluding carboxylic acids is 1. The summed E-state index contributed by atoms with van der Waals surface area (Å²) in [5.74, 6) is 0.184. The molecule has 30 heavy (non-hydrogen) atoms. The van der Waals surface area contributed by atoms with Crippen molar-refractivity contribution in [3.8, 4) is 16.9 Å². The van der Waals surface area contributed by atoms with Crippen LogP contribution in [0.15, 0.2) is 82.0 Å². The van der Waals surface area contributed by atoms with Crippen molar-refractivity contribution >= 4 is 22.6 Å². The van der Waals surface area contributed by atoms with Gasteiger partial charge in [0.1, 0.15) is 11.3 Å². The Labute approximate surface area is 173 Å². The topological polar surface area (TPSA) is 68.5 Å². The van der Waals surface area contributed by atoms with Crippen molar-refractivity contribution in [1.82, 2.24) is 0 Å². The van der Waals surface area contributed by atoms with Crippen LogP contribution in [0.1, 0.15) is 11.1 Å². The molecule has 0 fully saturated rings. The second kappa shape index (κ2) is 8.25. The molecule has 0 saturated heterocycles. The van der Waals surface area contributed by atoms with Crippen molar-refractivity contribution in [2.45, 2.75) is 13.8 Å². The van der Waals surface area contributed by atoms with E-state index in [1.807, 2.05) is 68.4 Å². The lowest BCUT2D eigenvalue weighted by atomic mass is 10.0. The van der Waals surface area contributed by atoms with Gasteiger partial charge in [-0.3, -0.25) is 4.79 Å². The molecule has 0 unspecified atom stereocenters. The van der Waals surface area contributed by atoms with E-state index in [4.69, 9.17) is 9.15 Å². The predicted molar refractivity (Wildman–Crippen MR) is 118 cm³/mol. The summed E-state index contributed by atoms with van der Waals surface area (Å²) in [5, 5.41) is 3.62. The zero-order valence-corrected chi connectivity index (χ0v) is 16.8. The number of aryl methyl sites for hydroxylation is 2. The van der Waals surface area contributed by atoms with Crippen LogP contribution in [0.25, 0.3) is 22.1 Å². The number of rotatable bonds is 5. The van der Waals surface area contributed by atoms with Crippen LogP contribution in [0.4, 0.5) is 5.69 Å². The average molecular weight is 399 g/mol. The van der Waals surface area contributed by atoms with Gasteiger partial charge in [0.05, 0.1) is 0 Å². The molecule has 5 heteroatoms. The van der Waals surface area contributed by atoms with Gasteiger partial charge in [0.2, 0.25) is 0 Å². The zero-order valence-electron chi connectivity index (χ0n) is 16.8. The minimum Gasteiger partial charge on any atom is -0.484 e. The zero-order chi connectivity index (χ0) is 21.1. The van der Waals surface area contributed by atoms with Crippen LogP contribution in [0.3, 0.4) is 0 Å². The highest BCUT2D eigenvalue weighted by Crippen LogP contribution is 2.29. The molecule has 0 aliphatic heterocycles. The maximum absolute atomic E-state index is 12.2. The highest BCUT2D eigenvalue weighted by Gasteiger charge is 2.10. The molecule has 0 atom stereocenters. The van der Waals surface area contributed by atoms with Crippen LogP contribution in [-0.2, 0) is 4.79 Å². The van der Waals surface area contributed by atoms with Crippen LogP contribution in [0, 0.1) is 13.8 Å². The molecule has 0 bridgehead atoms. The van der Waals surface area contributed by atoms with E-state index in [0.29, 0.717) is 11.3 Å². The highest BCUT2D eigenvalue weighted by atomic mass is 16.5. The van der Waals surface area contributed by atoms with Gasteiger partial charge in [-0.05, 0) is 60.4 Å². The number of carbonyl (C=O) groups is 1. The second-order valence-electron chi connectivity index (χ2n) is 7.14. The first-order valence-electron chi connectivity index (χ1n) is 9.63. The second-order valence-corrected chi connectivity index (χ2v) is 7.14. The Morgan fingerprint density at radius 2 is 1.73 bits per heavy atom. The van der Waals surface area contributed by atoms with E-state index < -0.39 is 5.63 Å². The number of ether oxygens (including phenoxy) is 1. The highest BCUT2D eigenvalue weighted by molar-refractivity contribution is 5.94. The SMILES string of the molecule is Cc1ccc(NC(=O)COc2ccc3c(-c4ccccc4)cc(=O)oc3c2)cc1C. The molecule has 1 amide bonds. The fraction of sp³-hybridized carbons (Fsp3) is 0.120. The van der Waals surface area contributed by atoms with E-state index >= 15 is 0 Å². The van der Waals surface area contributed by atoms with Crippen molar-refractivity contribution in [3.05, 3.63) is 94.3 Å². The number of hydrogen-bond acceptors (Lipinski definition) is 4. The van der Waals surface area contributed by atoms with Crippen LogP contribution in [0.2, 0.25) is 0 Å².